The zero-order valence-corrected chi connectivity index (χ0v) is 29.6. The number of aliphatic carboxylic acids is 2. The molecule has 10 nitrogen and oxygen atoms in total. The van der Waals surface area contributed by atoms with E-state index < -0.39 is 24.0 Å². The summed E-state index contributed by atoms with van der Waals surface area (Å²) < 4.78 is 0. The molecule has 12 heteroatoms. The first kappa shape index (κ1) is 42.5. The number of rotatable bonds is 31. The van der Waals surface area contributed by atoms with Crippen molar-refractivity contribution in [3.05, 3.63) is 0 Å². The smallest absolute Gasteiger partial charge is 0.326 e. The van der Waals surface area contributed by atoms with E-state index >= 15 is 0 Å². The molecule has 2 unspecified atom stereocenters. The Morgan fingerprint density at radius 1 is 0.523 bits per heavy atom. The summed E-state index contributed by atoms with van der Waals surface area (Å²) >= 11 is 0. The summed E-state index contributed by atoms with van der Waals surface area (Å²) in [6, 6.07) is -1.86. The molecule has 0 saturated heterocycles. The SMILES string of the molecule is CN(C)CCCCCCCCCC(=O)NC(CCSSCCC(NC(=O)CCCCCCCCCN(C)C)C(=O)O)C(=O)O. The minimum atomic E-state index is -1.05. The predicted molar refractivity (Wildman–Crippen MR) is 184 cm³/mol. The molecule has 0 spiro atoms. The summed E-state index contributed by atoms with van der Waals surface area (Å²) in [6.07, 6.45) is 16.5. The molecule has 0 aromatic heterocycles. The van der Waals surface area contributed by atoms with Crippen molar-refractivity contribution >= 4 is 45.3 Å². The summed E-state index contributed by atoms with van der Waals surface area (Å²) in [5.74, 6) is -1.52. The van der Waals surface area contributed by atoms with Gasteiger partial charge in [-0.15, -0.1) is 0 Å². The van der Waals surface area contributed by atoms with Crippen molar-refractivity contribution in [2.45, 2.75) is 128 Å². The van der Waals surface area contributed by atoms with Crippen molar-refractivity contribution in [1.29, 1.82) is 0 Å². The lowest BCUT2D eigenvalue weighted by Crippen LogP contribution is -2.41. The number of amides is 2. The molecule has 258 valence electrons. The molecule has 4 N–H and O–H groups in total. The molecule has 0 rings (SSSR count). The molecule has 0 aliphatic heterocycles. The molecule has 0 bridgehead atoms. The van der Waals surface area contributed by atoms with Crippen molar-refractivity contribution in [2.24, 2.45) is 0 Å². The second-order valence-electron chi connectivity index (χ2n) is 12.2. The summed E-state index contributed by atoms with van der Waals surface area (Å²) in [4.78, 5) is 52.1. The van der Waals surface area contributed by atoms with E-state index in [0.29, 0.717) is 37.2 Å². The van der Waals surface area contributed by atoms with E-state index in [4.69, 9.17) is 0 Å². The molecular formula is C32H62N4O6S2. The van der Waals surface area contributed by atoms with Crippen LogP contribution in [0.4, 0.5) is 0 Å². The number of carboxylic acid groups (broad SMARTS) is 2. The lowest BCUT2D eigenvalue weighted by molar-refractivity contribution is -0.142. The standard InChI is InChI=1S/C32H62N4O6S2/c1-35(2)23-17-13-9-5-7-11-15-19-29(37)33-27(31(39)40)21-25-43-44-26-22-28(32(41)42)34-30(38)20-16-12-8-6-10-14-18-24-36(3)4/h27-28H,5-26H2,1-4H3,(H,33,37)(H,34,38)(H,39,40)(H,41,42). The van der Waals surface area contributed by atoms with Gasteiger partial charge in [0.1, 0.15) is 12.1 Å². The Labute approximate surface area is 275 Å². The first-order valence-electron chi connectivity index (χ1n) is 16.6. The van der Waals surface area contributed by atoms with Gasteiger partial charge in [0.2, 0.25) is 11.8 Å². The van der Waals surface area contributed by atoms with Crippen LogP contribution in [0.1, 0.15) is 116 Å². The highest BCUT2D eigenvalue weighted by molar-refractivity contribution is 8.76. The normalized spacial score (nSPS) is 12.8. The second-order valence-corrected chi connectivity index (χ2v) is 14.9. The van der Waals surface area contributed by atoms with Gasteiger partial charge in [0, 0.05) is 24.3 Å². The molecule has 0 saturated carbocycles. The van der Waals surface area contributed by atoms with Gasteiger partial charge in [0.25, 0.3) is 0 Å². The van der Waals surface area contributed by atoms with Gasteiger partial charge in [-0.3, -0.25) is 9.59 Å². The lowest BCUT2D eigenvalue weighted by Gasteiger charge is -2.15. The number of nitrogens with zero attached hydrogens (tertiary/aromatic N) is 2. The first-order chi connectivity index (χ1) is 21.0. The van der Waals surface area contributed by atoms with Crippen LogP contribution in [0.25, 0.3) is 0 Å². The quantitative estimate of drug-likeness (QED) is 0.0544. The average Bonchev–Trinajstić information content (AvgIpc) is 2.95. The fourth-order valence-electron chi connectivity index (χ4n) is 4.69. The summed E-state index contributed by atoms with van der Waals surface area (Å²) in [5, 5.41) is 24.3. The fourth-order valence-corrected chi connectivity index (χ4v) is 6.88. The Morgan fingerprint density at radius 2 is 0.818 bits per heavy atom. The van der Waals surface area contributed by atoms with Crippen molar-refractivity contribution in [3.8, 4) is 0 Å². The van der Waals surface area contributed by atoms with Gasteiger partial charge in [-0.1, -0.05) is 85.8 Å². The third kappa shape index (κ3) is 28.0. The Kier molecular flexibility index (Phi) is 28.0. The zero-order chi connectivity index (χ0) is 33.0. The number of carbonyl (C=O) groups is 4. The van der Waals surface area contributed by atoms with Crippen LogP contribution in [0.3, 0.4) is 0 Å². The summed E-state index contributed by atoms with van der Waals surface area (Å²) in [5.41, 5.74) is 0. The first-order valence-corrected chi connectivity index (χ1v) is 19.1. The fraction of sp³-hybridized carbons (Fsp3) is 0.875. The maximum atomic E-state index is 12.2. The van der Waals surface area contributed by atoms with E-state index in [9.17, 15) is 29.4 Å². The molecule has 0 aromatic carbocycles. The van der Waals surface area contributed by atoms with E-state index in [0.717, 1.165) is 51.6 Å². The van der Waals surface area contributed by atoms with Gasteiger partial charge in [0.15, 0.2) is 0 Å². The van der Waals surface area contributed by atoms with Crippen LogP contribution >= 0.6 is 21.6 Å². The van der Waals surface area contributed by atoms with Gasteiger partial charge in [-0.2, -0.15) is 0 Å². The van der Waals surface area contributed by atoms with Crippen LogP contribution in [0.2, 0.25) is 0 Å². The van der Waals surface area contributed by atoms with E-state index in [1.54, 1.807) is 0 Å². The van der Waals surface area contributed by atoms with E-state index in [1.807, 2.05) is 0 Å². The molecule has 0 aliphatic rings. The lowest BCUT2D eigenvalue weighted by atomic mass is 10.1. The van der Waals surface area contributed by atoms with Gasteiger partial charge < -0.3 is 30.6 Å². The van der Waals surface area contributed by atoms with Crippen molar-refractivity contribution in [2.75, 3.05) is 52.8 Å². The maximum absolute atomic E-state index is 12.2. The number of unbranched alkanes of at least 4 members (excludes halogenated alkanes) is 12. The van der Waals surface area contributed by atoms with Crippen LogP contribution in [0.5, 0.6) is 0 Å². The highest BCUT2D eigenvalue weighted by atomic mass is 33.1. The van der Waals surface area contributed by atoms with Gasteiger partial charge in [-0.05, 0) is 79.8 Å². The van der Waals surface area contributed by atoms with Crippen molar-refractivity contribution < 1.29 is 29.4 Å². The minimum absolute atomic E-state index is 0.225. The predicted octanol–water partition coefficient (Wildman–Crippen LogP) is 5.65. The van der Waals surface area contributed by atoms with Crippen LogP contribution in [-0.4, -0.2) is 109 Å². The largest absolute Gasteiger partial charge is 0.480 e. The number of carboxylic acids is 2. The minimum Gasteiger partial charge on any atom is -0.480 e. The molecular weight excluding hydrogens is 601 g/mol. The molecule has 0 fully saturated rings. The highest BCUT2D eigenvalue weighted by Gasteiger charge is 2.21. The molecule has 0 radical (unpaired) electrons. The van der Waals surface area contributed by atoms with E-state index in [-0.39, 0.29) is 11.8 Å². The average molecular weight is 663 g/mol. The summed E-state index contributed by atoms with van der Waals surface area (Å²) in [7, 11) is 11.2. The molecule has 44 heavy (non-hydrogen) atoms. The van der Waals surface area contributed by atoms with Crippen LogP contribution in [0, 0.1) is 0 Å². The maximum Gasteiger partial charge on any atom is 0.326 e. The van der Waals surface area contributed by atoms with E-state index in [2.05, 4.69) is 48.6 Å². The highest BCUT2D eigenvalue weighted by Crippen LogP contribution is 2.24. The van der Waals surface area contributed by atoms with Crippen LogP contribution < -0.4 is 10.6 Å². The third-order valence-electron chi connectivity index (χ3n) is 7.35. The Morgan fingerprint density at radius 3 is 1.11 bits per heavy atom. The van der Waals surface area contributed by atoms with Gasteiger partial charge >= 0.3 is 11.9 Å². The van der Waals surface area contributed by atoms with Gasteiger partial charge in [0.05, 0.1) is 0 Å². The number of carbonyl (C=O) groups excluding carboxylic acids is 2. The Balaban J connectivity index is 3.97. The Hall–Kier alpha value is -1.50. The monoisotopic (exact) mass is 662 g/mol. The zero-order valence-electron chi connectivity index (χ0n) is 27.9. The molecule has 2 atom stereocenters. The number of nitrogens with one attached hydrogen (secondary N) is 2. The molecule has 0 aliphatic carbocycles. The van der Waals surface area contributed by atoms with Gasteiger partial charge in [-0.25, -0.2) is 9.59 Å². The Bertz CT molecular complexity index is 711. The van der Waals surface area contributed by atoms with Crippen LogP contribution in [0.15, 0.2) is 0 Å². The van der Waals surface area contributed by atoms with Crippen molar-refractivity contribution in [3.63, 3.8) is 0 Å². The third-order valence-corrected chi connectivity index (χ3v) is 9.82. The topological polar surface area (TPSA) is 139 Å². The molecule has 0 heterocycles. The van der Waals surface area contributed by atoms with Crippen molar-refractivity contribution in [1.82, 2.24) is 20.4 Å². The number of hydrogen-bond acceptors (Lipinski definition) is 8. The van der Waals surface area contributed by atoms with E-state index in [1.165, 1.54) is 73.0 Å². The number of hydrogen-bond donors (Lipinski definition) is 4. The molecule has 2 amide bonds. The molecule has 0 aromatic rings. The summed E-state index contributed by atoms with van der Waals surface area (Å²) in [6.45, 7) is 2.23. The van der Waals surface area contributed by atoms with Crippen LogP contribution in [-0.2, 0) is 19.2 Å². The second kappa shape index (κ2) is 28.9.